The molecule has 19 heavy (non-hydrogen) atoms. The fraction of sp³-hybridized carbons (Fsp3) is 0.533. The molecule has 2 rings (SSSR count). The summed E-state index contributed by atoms with van der Waals surface area (Å²) in [5.41, 5.74) is -0.0747. The highest BCUT2D eigenvalue weighted by atomic mass is 127. The van der Waals surface area contributed by atoms with Gasteiger partial charge in [0.1, 0.15) is 0 Å². The lowest BCUT2D eigenvalue weighted by molar-refractivity contribution is -0.0109. The van der Waals surface area contributed by atoms with Crippen LogP contribution in [0.3, 0.4) is 0 Å². The van der Waals surface area contributed by atoms with Crippen LogP contribution in [0.5, 0.6) is 0 Å². The van der Waals surface area contributed by atoms with Crippen molar-refractivity contribution in [2.45, 2.75) is 38.2 Å². The maximum Gasteiger partial charge on any atom is 0.251 e. The van der Waals surface area contributed by atoms with Crippen molar-refractivity contribution in [1.29, 1.82) is 0 Å². The first-order valence-corrected chi connectivity index (χ1v) is 7.82. The Hall–Kier alpha value is -0.620. The molecule has 0 aliphatic heterocycles. The molecule has 0 aromatic heterocycles. The number of carbonyl (C=O) groups excluding carboxylic acids is 1. The summed E-state index contributed by atoms with van der Waals surface area (Å²) < 4.78 is 1.04. The summed E-state index contributed by atoms with van der Waals surface area (Å²) in [6.45, 7) is 2.51. The topological polar surface area (TPSA) is 49.3 Å². The zero-order valence-electron chi connectivity index (χ0n) is 11.2. The number of hydrogen-bond acceptors (Lipinski definition) is 2. The molecule has 1 aromatic carbocycles. The molecule has 3 nitrogen and oxygen atoms in total. The first-order valence-electron chi connectivity index (χ1n) is 6.75. The van der Waals surface area contributed by atoms with Gasteiger partial charge in [0.05, 0.1) is 5.60 Å². The summed E-state index contributed by atoms with van der Waals surface area (Å²) in [6.07, 6.45) is 3.77. The summed E-state index contributed by atoms with van der Waals surface area (Å²) >= 11 is 2.19. The zero-order chi connectivity index (χ0) is 13.9. The van der Waals surface area contributed by atoms with Gasteiger partial charge in [-0.3, -0.25) is 4.79 Å². The molecule has 2 atom stereocenters. The minimum Gasteiger partial charge on any atom is -0.388 e. The molecule has 1 amide bonds. The van der Waals surface area contributed by atoms with Crippen LogP contribution in [0.1, 0.15) is 43.0 Å². The smallest absolute Gasteiger partial charge is 0.251 e. The van der Waals surface area contributed by atoms with Crippen molar-refractivity contribution in [2.24, 2.45) is 5.92 Å². The third-order valence-corrected chi connectivity index (χ3v) is 4.40. The van der Waals surface area contributed by atoms with E-state index in [-0.39, 0.29) is 5.91 Å². The quantitative estimate of drug-likeness (QED) is 0.801. The largest absolute Gasteiger partial charge is 0.388 e. The fourth-order valence-electron chi connectivity index (χ4n) is 2.77. The van der Waals surface area contributed by atoms with Gasteiger partial charge < -0.3 is 10.4 Å². The Morgan fingerprint density at radius 3 is 3.05 bits per heavy atom. The number of halogens is 1. The molecule has 0 radical (unpaired) electrons. The SMILES string of the molecule is CC1CCCC(O)(CNC(=O)c2cccc(I)c2)C1. The van der Waals surface area contributed by atoms with E-state index in [2.05, 4.69) is 34.8 Å². The standard InChI is InChI=1S/C15H20INO2/c1-11-4-3-7-15(19,9-11)10-17-14(18)12-5-2-6-13(16)8-12/h2,5-6,8,11,19H,3-4,7,9-10H2,1H3,(H,17,18). The van der Waals surface area contributed by atoms with Gasteiger partial charge in [-0.2, -0.15) is 0 Å². The molecular formula is C15H20INO2. The van der Waals surface area contributed by atoms with E-state index in [1.807, 2.05) is 18.2 Å². The molecule has 0 bridgehead atoms. The molecule has 1 fully saturated rings. The lowest BCUT2D eigenvalue weighted by atomic mass is 9.79. The predicted octanol–water partition coefficient (Wildman–Crippen LogP) is 2.96. The molecule has 1 aliphatic carbocycles. The minimum atomic E-state index is -0.727. The van der Waals surface area contributed by atoms with Gasteiger partial charge in [0, 0.05) is 15.7 Å². The van der Waals surface area contributed by atoms with Gasteiger partial charge in [0.2, 0.25) is 0 Å². The van der Waals surface area contributed by atoms with Gasteiger partial charge in [0.15, 0.2) is 0 Å². The van der Waals surface area contributed by atoms with Crippen molar-refractivity contribution in [3.63, 3.8) is 0 Å². The second kappa shape index (κ2) is 6.22. The van der Waals surface area contributed by atoms with Crippen molar-refractivity contribution in [1.82, 2.24) is 5.32 Å². The maximum atomic E-state index is 12.0. The lowest BCUT2D eigenvalue weighted by Crippen LogP contribution is -2.45. The average Bonchev–Trinajstić information content (AvgIpc) is 2.36. The van der Waals surface area contributed by atoms with Crippen molar-refractivity contribution in [3.05, 3.63) is 33.4 Å². The van der Waals surface area contributed by atoms with Gasteiger partial charge in [-0.1, -0.05) is 25.8 Å². The van der Waals surface area contributed by atoms with Crippen LogP contribution in [0.2, 0.25) is 0 Å². The highest BCUT2D eigenvalue weighted by Gasteiger charge is 2.32. The monoisotopic (exact) mass is 373 g/mol. The first-order chi connectivity index (χ1) is 8.98. The van der Waals surface area contributed by atoms with Gasteiger partial charge >= 0.3 is 0 Å². The normalized spacial score (nSPS) is 27.0. The van der Waals surface area contributed by atoms with E-state index in [1.165, 1.54) is 6.42 Å². The zero-order valence-corrected chi connectivity index (χ0v) is 13.3. The van der Waals surface area contributed by atoms with Crippen LogP contribution < -0.4 is 5.32 Å². The summed E-state index contributed by atoms with van der Waals surface area (Å²) in [6, 6.07) is 7.47. The second-order valence-electron chi connectivity index (χ2n) is 5.62. The van der Waals surface area contributed by atoms with Gasteiger partial charge in [-0.15, -0.1) is 0 Å². The molecule has 4 heteroatoms. The lowest BCUT2D eigenvalue weighted by Gasteiger charge is -2.35. The molecule has 2 N–H and O–H groups in total. The minimum absolute atomic E-state index is 0.106. The molecule has 1 saturated carbocycles. The molecule has 1 aromatic rings. The van der Waals surface area contributed by atoms with Gasteiger partial charge in [0.25, 0.3) is 5.91 Å². The van der Waals surface area contributed by atoms with Crippen LogP contribution in [0.15, 0.2) is 24.3 Å². The second-order valence-corrected chi connectivity index (χ2v) is 6.86. The number of aliphatic hydroxyl groups is 1. The Balaban J connectivity index is 1.93. The van der Waals surface area contributed by atoms with Crippen molar-refractivity contribution < 1.29 is 9.90 Å². The molecule has 2 unspecified atom stereocenters. The Morgan fingerprint density at radius 1 is 1.58 bits per heavy atom. The van der Waals surface area contributed by atoms with Crippen LogP contribution in [-0.2, 0) is 0 Å². The predicted molar refractivity (Wildman–Crippen MR) is 84.1 cm³/mol. The van der Waals surface area contributed by atoms with Gasteiger partial charge in [-0.05, 0) is 59.5 Å². The number of rotatable bonds is 3. The Bertz CT molecular complexity index is 463. The van der Waals surface area contributed by atoms with Crippen LogP contribution in [-0.4, -0.2) is 23.2 Å². The van der Waals surface area contributed by atoms with E-state index < -0.39 is 5.60 Å². The maximum absolute atomic E-state index is 12.0. The van der Waals surface area contributed by atoms with Crippen molar-refractivity contribution in [3.8, 4) is 0 Å². The number of hydrogen-bond donors (Lipinski definition) is 2. The number of benzene rings is 1. The van der Waals surface area contributed by atoms with E-state index >= 15 is 0 Å². The van der Waals surface area contributed by atoms with E-state index in [0.717, 1.165) is 22.8 Å². The first kappa shape index (κ1) is 14.8. The Morgan fingerprint density at radius 2 is 2.37 bits per heavy atom. The third-order valence-electron chi connectivity index (χ3n) is 3.73. The number of carbonyl (C=O) groups is 1. The summed E-state index contributed by atoms with van der Waals surface area (Å²) in [5, 5.41) is 13.3. The van der Waals surface area contributed by atoms with E-state index in [9.17, 15) is 9.90 Å². The molecule has 0 saturated heterocycles. The fourth-order valence-corrected chi connectivity index (χ4v) is 3.31. The number of amides is 1. The Kier molecular flexibility index (Phi) is 4.84. The van der Waals surface area contributed by atoms with E-state index in [0.29, 0.717) is 18.0 Å². The highest BCUT2D eigenvalue weighted by molar-refractivity contribution is 14.1. The van der Waals surface area contributed by atoms with Gasteiger partial charge in [-0.25, -0.2) is 0 Å². The number of nitrogens with one attached hydrogen (secondary N) is 1. The summed E-state index contributed by atoms with van der Waals surface area (Å²) in [7, 11) is 0. The highest BCUT2D eigenvalue weighted by Crippen LogP contribution is 2.31. The third kappa shape index (κ3) is 4.18. The summed E-state index contributed by atoms with van der Waals surface area (Å²) in [5.74, 6) is 0.429. The molecular weight excluding hydrogens is 353 g/mol. The van der Waals surface area contributed by atoms with E-state index in [4.69, 9.17) is 0 Å². The van der Waals surface area contributed by atoms with Crippen LogP contribution >= 0.6 is 22.6 Å². The molecule has 0 spiro atoms. The average molecular weight is 373 g/mol. The summed E-state index contributed by atoms with van der Waals surface area (Å²) in [4.78, 5) is 12.0. The van der Waals surface area contributed by atoms with Crippen LogP contribution in [0, 0.1) is 9.49 Å². The van der Waals surface area contributed by atoms with Crippen molar-refractivity contribution in [2.75, 3.05) is 6.54 Å². The van der Waals surface area contributed by atoms with E-state index in [1.54, 1.807) is 6.07 Å². The van der Waals surface area contributed by atoms with Crippen LogP contribution in [0.25, 0.3) is 0 Å². The van der Waals surface area contributed by atoms with Crippen LogP contribution in [0.4, 0.5) is 0 Å². The molecule has 104 valence electrons. The van der Waals surface area contributed by atoms with Crippen molar-refractivity contribution >= 4 is 28.5 Å². The Labute approximate surface area is 127 Å². The molecule has 1 aliphatic rings. The molecule has 0 heterocycles.